The Morgan fingerprint density at radius 1 is 1.15 bits per heavy atom. The summed E-state index contributed by atoms with van der Waals surface area (Å²) in [6, 6.07) is 7.93. The smallest absolute Gasteiger partial charge is 0.338 e. The first-order valence-electron chi connectivity index (χ1n) is 12.9. The molecule has 2 amide bonds. The molecule has 0 spiro atoms. The second-order valence-corrected chi connectivity index (χ2v) is 10.4. The summed E-state index contributed by atoms with van der Waals surface area (Å²) in [7, 11) is 1.35. The van der Waals surface area contributed by atoms with Gasteiger partial charge in [-0.3, -0.25) is 24.5 Å². The topological polar surface area (TPSA) is 151 Å². The van der Waals surface area contributed by atoms with E-state index in [1.807, 2.05) is 40.7 Å². The maximum atomic E-state index is 12.2. The third-order valence-corrected chi connectivity index (χ3v) is 6.97. The van der Waals surface area contributed by atoms with Crippen molar-refractivity contribution in [1.29, 1.82) is 0 Å². The van der Waals surface area contributed by atoms with E-state index in [1.54, 1.807) is 30.9 Å². The number of carboxylic acids is 1. The first-order chi connectivity index (χ1) is 18.7. The number of aliphatic imine (C=N–C) groups is 2. The van der Waals surface area contributed by atoms with Gasteiger partial charge in [0.25, 0.3) is 11.8 Å². The van der Waals surface area contributed by atoms with Crippen LogP contribution in [0.4, 0.5) is 0 Å². The van der Waals surface area contributed by atoms with Crippen LogP contribution in [0.1, 0.15) is 79.1 Å². The Balaban J connectivity index is 0.000000222. The van der Waals surface area contributed by atoms with Crippen LogP contribution in [0.5, 0.6) is 0 Å². The molecule has 11 heteroatoms. The molecule has 2 atom stereocenters. The van der Waals surface area contributed by atoms with E-state index in [0.717, 1.165) is 11.1 Å². The number of ether oxygens (including phenoxy) is 1. The van der Waals surface area contributed by atoms with Crippen molar-refractivity contribution in [2.45, 2.75) is 66.1 Å². The van der Waals surface area contributed by atoms with Crippen molar-refractivity contribution in [1.82, 2.24) is 15.2 Å². The lowest BCUT2D eigenvalue weighted by atomic mass is 9.89. The molecule has 2 N–H and O–H groups in total. The van der Waals surface area contributed by atoms with E-state index in [0.29, 0.717) is 11.4 Å². The van der Waals surface area contributed by atoms with E-state index < -0.39 is 11.5 Å². The monoisotopic (exact) mass is 549 g/mol. The number of aryl methyl sites for hydroxylation is 1. The minimum atomic E-state index is -1.10. The summed E-state index contributed by atoms with van der Waals surface area (Å²) in [5.41, 5.74) is 1.58. The van der Waals surface area contributed by atoms with E-state index in [2.05, 4.69) is 20.3 Å². The van der Waals surface area contributed by atoms with E-state index in [4.69, 9.17) is 9.84 Å². The highest BCUT2D eigenvalue weighted by Crippen LogP contribution is 2.27. The highest BCUT2D eigenvalue weighted by atomic mass is 16.5. The average Bonchev–Trinajstić information content (AvgIpc) is 3.39. The van der Waals surface area contributed by atoms with Gasteiger partial charge in [-0.1, -0.05) is 19.9 Å². The number of hydrogen-bond donors (Lipinski definition) is 2. The minimum absolute atomic E-state index is 0.00184. The van der Waals surface area contributed by atoms with Crippen LogP contribution in [0.15, 0.2) is 46.5 Å². The summed E-state index contributed by atoms with van der Waals surface area (Å²) in [5.74, 6) is -0.796. The fourth-order valence-corrected chi connectivity index (χ4v) is 4.28. The molecule has 1 aromatic heterocycles. The van der Waals surface area contributed by atoms with Gasteiger partial charge < -0.3 is 15.2 Å². The van der Waals surface area contributed by atoms with Crippen molar-refractivity contribution < 1.29 is 29.0 Å². The number of carboxylic acid groups (broad SMARTS) is 1. The van der Waals surface area contributed by atoms with Gasteiger partial charge in [-0.05, 0) is 70.4 Å². The Morgan fingerprint density at radius 3 is 2.35 bits per heavy atom. The van der Waals surface area contributed by atoms with Crippen molar-refractivity contribution in [2.24, 2.45) is 15.9 Å². The van der Waals surface area contributed by atoms with E-state index in [9.17, 15) is 19.2 Å². The number of amides is 2. The lowest BCUT2D eigenvalue weighted by Crippen LogP contribution is -2.41. The van der Waals surface area contributed by atoms with Gasteiger partial charge in [-0.2, -0.15) is 0 Å². The molecule has 212 valence electrons. The van der Waals surface area contributed by atoms with E-state index >= 15 is 0 Å². The van der Waals surface area contributed by atoms with Crippen LogP contribution in [-0.4, -0.2) is 75.1 Å². The maximum Gasteiger partial charge on any atom is 0.338 e. The molecule has 0 saturated carbocycles. The Labute approximate surface area is 233 Å². The Kier molecular flexibility index (Phi) is 8.87. The molecule has 0 fully saturated rings. The first-order valence-corrected chi connectivity index (χ1v) is 12.9. The fraction of sp³-hybridized carbons (Fsp3) is 0.414. The summed E-state index contributed by atoms with van der Waals surface area (Å²) >= 11 is 0. The fourth-order valence-electron chi connectivity index (χ4n) is 4.28. The molecule has 0 aliphatic carbocycles. The van der Waals surface area contributed by atoms with Gasteiger partial charge >= 0.3 is 11.9 Å². The van der Waals surface area contributed by atoms with Gasteiger partial charge in [-0.25, -0.2) is 14.6 Å². The van der Waals surface area contributed by atoms with Gasteiger partial charge in [0.15, 0.2) is 5.84 Å². The number of amidine groups is 2. The summed E-state index contributed by atoms with van der Waals surface area (Å²) in [5, 5.41) is 11.7. The summed E-state index contributed by atoms with van der Waals surface area (Å²) < 4.78 is 4.72. The number of methoxy groups -OCH3 is 1. The SMILES string of the molecule is CC(C)C1(C)N=C(c2ncccc2C(=O)O)NC1=O.COC(=O)c1ccc(C2=NC(C)C(=O)N2C(C)C)c(C)c1. The number of carbonyl (C=O) groups is 4. The summed E-state index contributed by atoms with van der Waals surface area (Å²) in [6.07, 6.45) is 1.47. The zero-order valence-electron chi connectivity index (χ0n) is 24.0. The van der Waals surface area contributed by atoms with Gasteiger partial charge in [-0.15, -0.1) is 0 Å². The molecular weight excluding hydrogens is 514 g/mol. The van der Waals surface area contributed by atoms with E-state index in [1.165, 1.54) is 25.4 Å². The lowest BCUT2D eigenvalue weighted by Gasteiger charge is -2.24. The molecule has 2 aliphatic heterocycles. The maximum absolute atomic E-state index is 12.2. The normalized spacial score (nSPS) is 20.1. The summed E-state index contributed by atoms with van der Waals surface area (Å²) in [6.45, 7) is 13.1. The van der Waals surface area contributed by atoms with Crippen molar-refractivity contribution in [3.8, 4) is 0 Å². The molecule has 2 aromatic rings. The van der Waals surface area contributed by atoms with Gasteiger partial charge in [0.2, 0.25) is 0 Å². The molecule has 1 aromatic carbocycles. The molecule has 0 bridgehead atoms. The number of rotatable bonds is 6. The molecule has 40 heavy (non-hydrogen) atoms. The number of pyridine rings is 1. The van der Waals surface area contributed by atoms with Crippen molar-refractivity contribution in [3.05, 3.63) is 64.5 Å². The van der Waals surface area contributed by atoms with Crippen LogP contribution >= 0.6 is 0 Å². The number of aromatic carboxylic acids is 1. The predicted octanol–water partition coefficient (Wildman–Crippen LogP) is 3.24. The number of nitrogens with zero attached hydrogens (tertiary/aromatic N) is 4. The zero-order chi connectivity index (χ0) is 29.9. The first kappa shape index (κ1) is 30.1. The number of carbonyl (C=O) groups excluding carboxylic acids is 3. The number of aromatic nitrogens is 1. The minimum Gasteiger partial charge on any atom is -0.478 e. The third-order valence-electron chi connectivity index (χ3n) is 6.97. The van der Waals surface area contributed by atoms with Crippen LogP contribution in [0.25, 0.3) is 0 Å². The third kappa shape index (κ3) is 5.78. The largest absolute Gasteiger partial charge is 0.478 e. The predicted molar refractivity (Wildman–Crippen MR) is 150 cm³/mol. The standard InChI is InChI=1S/C16H20N2O3.C13H15N3O3/c1-9(2)18-14(17-11(4)15(18)19)13-7-6-12(8-10(13)3)16(20)21-5;1-7(2)13(3)12(19)15-10(16-13)9-8(11(17)18)5-4-6-14-9/h6-9,11H,1-5H3;4-7H,1-3H3,(H,17,18)(H,15,16,19). The molecule has 0 saturated heterocycles. The highest BCUT2D eigenvalue weighted by molar-refractivity contribution is 6.17. The van der Waals surface area contributed by atoms with Gasteiger partial charge in [0.05, 0.1) is 18.2 Å². The second kappa shape index (κ2) is 11.8. The molecule has 2 aliphatic rings. The zero-order valence-corrected chi connectivity index (χ0v) is 24.0. The average molecular weight is 550 g/mol. The molecular formula is C29H35N5O6. The molecule has 11 nitrogen and oxygen atoms in total. The van der Waals surface area contributed by atoms with Gasteiger partial charge in [0.1, 0.15) is 23.1 Å². The van der Waals surface area contributed by atoms with Crippen LogP contribution in [0.3, 0.4) is 0 Å². The number of benzene rings is 1. The molecule has 4 rings (SSSR count). The Bertz CT molecular complexity index is 1410. The van der Waals surface area contributed by atoms with Crippen LogP contribution in [0.2, 0.25) is 0 Å². The number of esters is 1. The lowest BCUT2D eigenvalue weighted by molar-refractivity contribution is -0.128. The van der Waals surface area contributed by atoms with Crippen molar-refractivity contribution in [2.75, 3.05) is 7.11 Å². The summed E-state index contributed by atoms with van der Waals surface area (Å²) in [4.78, 5) is 61.5. The second-order valence-electron chi connectivity index (χ2n) is 10.4. The van der Waals surface area contributed by atoms with Crippen LogP contribution in [-0.2, 0) is 14.3 Å². The highest BCUT2D eigenvalue weighted by Gasteiger charge is 2.43. The molecule has 3 heterocycles. The number of hydrogen-bond acceptors (Lipinski definition) is 8. The van der Waals surface area contributed by atoms with Gasteiger partial charge in [0, 0.05) is 17.8 Å². The van der Waals surface area contributed by atoms with Crippen molar-refractivity contribution >= 4 is 35.4 Å². The van der Waals surface area contributed by atoms with Crippen LogP contribution in [0, 0.1) is 12.8 Å². The Hall–Kier alpha value is -4.41. The quantitative estimate of drug-likeness (QED) is 0.525. The molecule has 0 radical (unpaired) electrons. The Morgan fingerprint density at radius 2 is 1.82 bits per heavy atom. The van der Waals surface area contributed by atoms with Crippen molar-refractivity contribution in [3.63, 3.8) is 0 Å². The molecule has 2 unspecified atom stereocenters. The van der Waals surface area contributed by atoms with E-state index in [-0.39, 0.29) is 52.9 Å². The van der Waals surface area contributed by atoms with Crippen LogP contribution < -0.4 is 5.32 Å². The number of nitrogens with one attached hydrogen (secondary N) is 1.